The van der Waals surface area contributed by atoms with Crippen LogP contribution in [0.25, 0.3) is 0 Å². The molecular weight excluding hydrogens is 239 g/mol. The van der Waals surface area contributed by atoms with Gasteiger partial charge in [0.05, 0.1) is 11.0 Å². The van der Waals surface area contributed by atoms with Crippen LogP contribution in [-0.2, 0) is 6.42 Å². The molecule has 0 amide bonds. The number of hydrogen-bond acceptors (Lipinski definition) is 3. The molecule has 1 aromatic carbocycles. The van der Waals surface area contributed by atoms with Gasteiger partial charge in [0.2, 0.25) is 0 Å². The van der Waals surface area contributed by atoms with Gasteiger partial charge in [0, 0.05) is 12.5 Å². The monoisotopic (exact) mass is 244 g/mol. The quantitative estimate of drug-likeness (QED) is 0.467. The molecular formula is C9H6Cl2N2O2. The number of hydrogen-bond donors (Lipinski definition) is 0. The summed E-state index contributed by atoms with van der Waals surface area (Å²) in [6.45, 7) is 0. The number of nitro benzene ring substituents is 1. The predicted octanol–water partition coefficient (Wildman–Crippen LogP) is 2.92. The van der Waals surface area contributed by atoms with E-state index in [0.29, 0.717) is 12.0 Å². The Morgan fingerprint density at radius 1 is 1.60 bits per heavy atom. The number of alkyl halides is 1. The Hall–Kier alpha value is -1.31. The Labute approximate surface area is 96.2 Å². The molecule has 0 aromatic heterocycles. The fourth-order valence-corrected chi connectivity index (χ4v) is 1.53. The largest absolute Gasteiger partial charge is 0.287 e. The van der Waals surface area contributed by atoms with Crippen molar-refractivity contribution in [1.82, 2.24) is 0 Å². The lowest BCUT2D eigenvalue weighted by Gasteiger charge is -2.02. The van der Waals surface area contributed by atoms with Crippen LogP contribution in [0.2, 0.25) is 5.02 Å². The van der Waals surface area contributed by atoms with E-state index in [9.17, 15) is 10.1 Å². The highest BCUT2D eigenvalue weighted by atomic mass is 35.5. The zero-order chi connectivity index (χ0) is 11.4. The smallest absolute Gasteiger partial charge is 0.258 e. The third kappa shape index (κ3) is 3.08. The zero-order valence-corrected chi connectivity index (χ0v) is 9.00. The highest BCUT2D eigenvalue weighted by molar-refractivity contribution is 6.32. The van der Waals surface area contributed by atoms with Gasteiger partial charge < -0.3 is 0 Å². The predicted molar refractivity (Wildman–Crippen MR) is 57.1 cm³/mol. The van der Waals surface area contributed by atoms with E-state index >= 15 is 0 Å². The molecule has 4 nitrogen and oxygen atoms in total. The molecule has 0 fully saturated rings. The second-order valence-electron chi connectivity index (χ2n) is 2.84. The lowest BCUT2D eigenvalue weighted by Crippen LogP contribution is -2.00. The first-order chi connectivity index (χ1) is 7.04. The molecule has 0 aliphatic rings. The minimum atomic E-state index is -0.650. The second-order valence-corrected chi connectivity index (χ2v) is 3.78. The highest BCUT2D eigenvalue weighted by Crippen LogP contribution is 2.25. The van der Waals surface area contributed by atoms with Crippen molar-refractivity contribution < 1.29 is 4.92 Å². The average Bonchev–Trinajstić information content (AvgIpc) is 2.17. The number of halogens is 2. The van der Waals surface area contributed by atoms with Crippen LogP contribution in [-0.4, -0.2) is 10.3 Å². The van der Waals surface area contributed by atoms with Crippen LogP contribution >= 0.6 is 23.2 Å². The van der Waals surface area contributed by atoms with Gasteiger partial charge in [-0.05, 0) is 11.6 Å². The van der Waals surface area contributed by atoms with Crippen molar-refractivity contribution in [2.24, 2.45) is 0 Å². The minimum absolute atomic E-state index is 0.0549. The van der Waals surface area contributed by atoms with Crippen molar-refractivity contribution >= 4 is 28.9 Å². The van der Waals surface area contributed by atoms with E-state index in [1.54, 1.807) is 0 Å². The molecule has 0 heterocycles. The Bertz CT molecular complexity index is 429. The van der Waals surface area contributed by atoms with Gasteiger partial charge in [0.1, 0.15) is 10.4 Å². The SMILES string of the molecule is N#CC(Cl)Cc1ccc([N+](=O)[O-])c(Cl)c1. The van der Waals surface area contributed by atoms with Gasteiger partial charge in [0.25, 0.3) is 5.69 Å². The normalized spacial score (nSPS) is 11.8. The molecule has 0 spiro atoms. The molecule has 0 aliphatic heterocycles. The fraction of sp³-hybridized carbons (Fsp3) is 0.222. The third-order valence-corrected chi connectivity index (χ3v) is 2.32. The first-order valence-electron chi connectivity index (χ1n) is 4.01. The van der Waals surface area contributed by atoms with Crippen LogP contribution in [0.3, 0.4) is 0 Å². The molecule has 78 valence electrons. The summed E-state index contributed by atoms with van der Waals surface area (Å²) >= 11 is 11.3. The van der Waals surface area contributed by atoms with E-state index in [0.717, 1.165) is 0 Å². The van der Waals surface area contributed by atoms with Crippen molar-refractivity contribution in [3.8, 4) is 6.07 Å². The summed E-state index contributed by atoms with van der Waals surface area (Å²) in [5.41, 5.74) is 0.552. The molecule has 6 heteroatoms. The summed E-state index contributed by atoms with van der Waals surface area (Å²) in [7, 11) is 0. The standard InChI is InChI=1S/C9H6Cl2N2O2/c10-7(5-12)3-6-1-2-9(13(14)15)8(11)4-6/h1-2,4,7H,3H2. The topological polar surface area (TPSA) is 66.9 Å². The number of nitriles is 1. The maximum atomic E-state index is 10.5. The summed E-state index contributed by atoms with van der Waals surface area (Å²) in [5.74, 6) is 0. The summed E-state index contributed by atoms with van der Waals surface area (Å²) in [6, 6.07) is 6.15. The maximum Gasteiger partial charge on any atom is 0.287 e. The van der Waals surface area contributed by atoms with Crippen LogP contribution < -0.4 is 0 Å². The lowest BCUT2D eigenvalue weighted by atomic mass is 10.1. The van der Waals surface area contributed by atoms with E-state index in [4.69, 9.17) is 28.5 Å². The van der Waals surface area contributed by atoms with Crippen molar-refractivity contribution in [2.45, 2.75) is 11.8 Å². The second kappa shape index (κ2) is 4.96. The van der Waals surface area contributed by atoms with E-state index in [1.807, 2.05) is 6.07 Å². The summed E-state index contributed by atoms with van der Waals surface area (Å²) in [4.78, 5) is 9.89. The maximum absolute atomic E-state index is 10.5. The Morgan fingerprint density at radius 3 is 2.73 bits per heavy atom. The summed E-state index contributed by atoms with van der Waals surface area (Å²) < 4.78 is 0. The van der Waals surface area contributed by atoms with Gasteiger partial charge in [-0.1, -0.05) is 17.7 Å². The van der Waals surface area contributed by atoms with Crippen LogP contribution in [0.4, 0.5) is 5.69 Å². The molecule has 0 saturated heterocycles. The zero-order valence-electron chi connectivity index (χ0n) is 7.48. The number of nitro groups is 1. The van der Waals surface area contributed by atoms with Crippen LogP contribution in [0.1, 0.15) is 5.56 Å². The molecule has 1 aromatic rings. The lowest BCUT2D eigenvalue weighted by molar-refractivity contribution is -0.384. The summed E-state index contributed by atoms with van der Waals surface area (Å²) in [6.07, 6.45) is 0.315. The van der Waals surface area contributed by atoms with Crippen LogP contribution in [0.5, 0.6) is 0 Å². The Balaban J connectivity index is 2.93. The van der Waals surface area contributed by atoms with Crippen LogP contribution in [0.15, 0.2) is 18.2 Å². The van der Waals surface area contributed by atoms with Gasteiger partial charge in [-0.2, -0.15) is 5.26 Å². The van der Waals surface area contributed by atoms with Gasteiger partial charge in [0.15, 0.2) is 0 Å². The van der Waals surface area contributed by atoms with Gasteiger partial charge in [-0.15, -0.1) is 11.6 Å². The highest BCUT2D eigenvalue weighted by Gasteiger charge is 2.13. The van der Waals surface area contributed by atoms with Gasteiger partial charge in [-0.3, -0.25) is 10.1 Å². The molecule has 0 saturated carbocycles. The molecule has 1 atom stereocenters. The van der Waals surface area contributed by atoms with E-state index in [2.05, 4.69) is 0 Å². The molecule has 0 aliphatic carbocycles. The van der Waals surface area contributed by atoms with Crippen molar-refractivity contribution in [2.75, 3.05) is 0 Å². The Kier molecular flexibility index (Phi) is 3.89. The fourth-order valence-electron chi connectivity index (χ4n) is 1.08. The third-order valence-electron chi connectivity index (χ3n) is 1.76. The van der Waals surface area contributed by atoms with Crippen molar-refractivity contribution in [3.63, 3.8) is 0 Å². The van der Waals surface area contributed by atoms with Gasteiger partial charge >= 0.3 is 0 Å². The van der Waals surface area contributed by atoms with Crippen molar-refractivity contribution in [1.29, 1.82) is 5.26 Å². The van der Waals surface area contributed by atoms with Crippen LogP contribution in [0, 0.1) is 21.4 Å². The molecule has 0 bridgehead atoms. The number of benzene rings is 1. The summed E-state index contributed by atoms with van der Waals surface area (Å²) in [5, 5.41) is 18.3. The van der Waals surface area contributed by atoms with E-state index in [-0.39, 0.29) is 10.7 Å². The molecule has 0 radical (unpaired) electrons. The van der Waals surface area contributed by atoms with Crippen molar-refractivity contribution in [3.05, 3.63) is 38.9 Å². The first kappa shape index (κ1) is 11.8. The minimum Gasteiger partial charge on any atom is -0.258 e. The van der Waals surface area contributed by atoms with E-state index in [1.165, 1.54) is 18.2 Å². The molecule has 1 unspecified atom stereocenters. The van der Waals surface area contributed by atoms with Gasteiger partial charge in [-0.25, -0.2) is 0 Å². The average molecular weight is 245 g/mol. The molecule has 1 rings (SSSR count). The Morgan fingerprint density at radius 2 is 2.27 bits per heavy atom. The first-order valence-corrected chi connectivity index (χ1v) is 4.82. The molecule has 15 heavy (non-hydrogen) atoms. The number of rotatable bonds is 3. The molecule has 0 N–H and O–H groups in total. The van der Waals surface area contributed by atoms with E-state index < -0.39 is 10.3 Å². The number of nitrogens with zero attached hydrogens (tertiary/aromatic N) is 2.